The number of likely N-dealkylation sites (tertiary alicyclic amines) is 1. The fraction of sp³-hybridized carbons (Fsp3) is 0.857. The van der Waals surface area contributed by atoms with Crippen LogP contribution in [0.2, 0.25) is 0 Å². The van der Waals surface area contributed by atoms with Crippen LogP contribution in [0.15, 0.2) is 0 Å². The van der Waals surface area contributed by atoms with Crippen LogP contribution in [0.25, 0.3) is 0 Å². The highest BCUT2D eigenvalue weighted by atomic mass is 35.5. The van der Waals surface area contributed by atoms with Crippen molar-refractivity contribution in [2.24, 2.45) is 11.7 Å². The van der Waals surface area contributed by atoms with Crippen molar-refractivity contribution < 1.29 is 9.59 Å². The van der Waals surface area contributed by atoms with E-state index in [1.165, 1.54) is 0 Å². The Hall–Kier alpha value is -0.810. The predicted molar refractivity (Wildman–Crippen MR) is 82.7 cm³/mol. The number of carbonyl (C=O) groups is 2. The Kier molecular flexibility index (Phi) is 9.59. The topological polar surface area (TPSA) is 75.4 Å². The summed E-state index contributed by atoms with van der Waals surface area (Å²) >= 11 is 0. The van der Waals surface area contributed by atoms with E-state index < -0.39 is 0 Å². The molecule has 1 aliphatic heterocycles. The third-order valence-corrected chi connectivity index (χ3v) is 3.71. The molecule has 3 N–H and O–H groups in total. The lowest BCUT2D eigenvalue weighted by atomic mass is 9.92. The van der Waals surface area contributed by atoms with Crippen LogP contribution in [0.1, 0.15) is 46.0 Å². The fourth-order valence-electron chi connectivity index (χ4n) is 2.52. The van der Waals surface area contributed by atoms with E-state index in [0.717, 1.165) is 25.8 Å². The first-order valence-corrected chi connectivity index (χ1v) is 7.34. The van der Waals surface area contributed by atoms with Gasteiger partial charge in [0.2, 0.25) is 11.8 Å². The van der Waals surface area contributed by atoms with Crippen molar-refractivity contribution in [1.29, 1.82) is 0 Å². The molecule has 0 radical (unpaired) electrons. The Morgan fingerprint density at radius 1 is 1.35 bits per heavy atom. The summed E-state index contributed by atoms with van der Waals surface area (Å²) in [6, 6.07) is 0.148. The molecule has 0 aromatic heterocycles. The average molecular weight is 306 g/mol. The van der Waals surface area contributed by atoms with Gasteiger partial charge in [0.05, 0.1) is 0 Å². The van der Waals surface area contributed by atoms with Gasteiger partial charge in [-0.25, -0.2) is 0 Å². The van der Waals surface area contributed by atoms with Crippen molar-refractivity contribution in [1.82, 2.24) is 10.2 Å². The number of rotatable bonds is 6. The fourth-order valence-corrected chi connectivity index (χ4v) is 2.52. The Bertz CT molecular complexity index is 313. The Morgan fingerprint density at radius 2 is 2.05 bits per heavy atom. The van der Waals surface area contributed by atoms with Gasteiger partial charge in [0.15, 0.2) is 0 Å². The van der Waals surface area contributed by atoms with Crippen LogP contribution in [-0.4, -0.2) is 42.4 Å². The van der Waals surface area contributed by atoms with Gasteiger partial charge in [0, 0.05) is 38.5 Å². The molecule has 5 nitrogen and oxygen atoms in total. The van der Waals surface area contributed by atoms with E-state index in [4.69, 9.17) is 5.73 Å². The van der Waals surface area contributed by atoms with E-state index in [1.807, 2.05) is 11.8 Å². The van der Waals surface area contributed by atoms with Crippen LogP contribution in [0.5, 0.6) is 0 Å². The number of amides is 2. The van der Waals surface area contributed by atoms with Crippen molar-refractivity contribution in [3.8, 4) is 0 Å². The second kappa shape index (κ2) is 10.00. The second-order valence-corrected chi connectivity index (χ2v) is 5.46. The summed E-state index contributed by atoms with van der Waals surface area (Å²) in [6.07, 6.45) is 3.50. The highest BCUT2D eigenvalue weighted by Gasteiger charge is 2.28. The molecule has 0 spiro atoms. The van der Waals surface area contributed by atoms with Crippen molar-refractivity contribution in [3.63, 3.8) is 0 Å². The van der Waals surface area contributed by atoms with E-state index in [2.05, 4.69) is 12.2 Å². The molecule has 1 saturated heterocycles. The summed E-state index contributed by atoms with van der Waals surface area (Å²) < 4.78 is 0. The van der Waals surface area contributed by atoms with Gasteiger partial charge < -0.3 is 16.0 Å². The normalized spacial score (nSPS) is 22.1. The van der Waals surface area contributed by atoms with Crippen molar-refractivity contribution >= 4 is 24.2 Å². The number of nitrogens with one attached hydrogen (secondary N) is 1. The Labute approximate surface area is 128 Å². The Morgan fingerprint density at radius 3 is 2.65 bits per heavy atom. The predicted octanol–water partition coefficient (Wildman–Crippen LogP) is 1.30. The number of carbonyl (C=O) groups excluding carboxylic acids is 2. The standard InChI is InChI=1S/C14H27N3O2.ClH/c1-3-7-16-13(18)4-5-14(19)17-8-6-11(2)9-12(17)10-15;/h11-12H,3-10,15H2,1-2H3,(H,16,18);1H. The number of nitrogens with zero attached hydrogens (tertiary/aromatic N) is 1. The second-order valence-electron chi connectivity index (χ2n) is 5.46. The smallest absolute Gasteiger partial charge is 0.223 e. The molecule has 1 fully saturated rings. The molecule has 1 rings (SSSR count). The molecule has 0 aliphatic carbocycles. The van der Waals surface area contributed by atoms with Gasteiger partial charge in [-0.2, -0.15) is 0 Å². The lowest BCUT2D eigenvalue weighted by molar-refractivity contribution is -0.137. The third-order valence-electron chi connectivity index (χ3n) is 3.71. The molecule has 2 unspecified atom stereocenters. The number of hydrogen-bond donors (Lipinski definition) is 2. The molecule has 2 amide bonds. The average Bonchev–Trinajstić information content (AvgIpc) is 2.42. The molecule has 118 valence electrons. The quantitative estimate of drug-likeness (QED) is 0.776. The Balaban J connectivity index is 0.00000361. The number of piperidine rings is 1. The maximum absolute atomic E-state index is 12.1. The molecule has 0 aromatic rings. The van der Waals surface area contributed by atoms with Crippen molar-refractivity contribution in [2.45, 2.75) is 52.0 Å². The first kappa shape index (κ1) is 19.2. The lowest BCUT2D eigenvalue weighted by Gasteiger charge is -2.38. The van der Waals surface area contributed by atoms with Crippen LogP contribution in [-0.2, 0) is 9.59 Å². The summed E-state index contributed by atoms with van der Waals surface area (Å²) in [5, 5.41) is 2.79. The molecular weight excluding hydrogens is 278 g/mol. The third kappa shape index (κ3) is 6.09. The van der Waals surface area contributed by atoms with Gasteiger partial charge in [-0.15, -0.1) is 12.4 Å². The highest BCUT2D eigenvalue weighted by molar-refractivity contribution is 5.85. The van der Waals surface area contributed by atoms with Crippen LogP contribution >= 0.6 is 12.4 Å². The number of hydrogen-bond acceptors (Lipinski definition) is 3. The molecule has 6 heteroatoms. The van der Waals surface area contributed by atoms with E-state index in [1.54, 1.807) is 0 Å². The van der Waals surface area contributed by atoms with Gasteiger partial charge in [-0.05, 0) is 25.2 Å². The summed E-state index contributed by atoms with van der Waals surface area (Å²) in [7, 11) is 0. The van der Waals surface area contributed by atoms with Gasteiger partial charge in [-0.3, -0.25) is 9.59 Å². The molecular formula is C14H28ClN3O2. The molecule has 0 aromatic carbocycles. The molecule has 0 bridgehead atoms. The summed E-state index contributed by atoms with van der Waals surface area (Å²) in [5.41, 5.74) is 5.74. The minimum absolute atomic E-state index is 0. The largest absolute Gasteiger partial charge is 0.356 e. The molecule has 0 saturated carbocycles. The molecule has 1 aliphatic rings. The van der Waals surface area contributed by atoms with Crippen LogP contribution in [0.4, 0.5) is 0 Å². The first-order valence-electron chi connectivity index (χ1n) is 7.34. The van der Waals surface area contributed by atoms with E-state index in [0.29, 0.717) is 25.4 Å². The summed E-state index contributed by atoms with van der Waals surface area (Å²) in [6.45, 7) is 6.17. The molecule has 20 heavy (non-hydrogen) atoms. The van der Waals surface area contributed by atoms with E-state index in [-0.39, 0.29) is 36.7 Å². The zero-order chi connectivity index (χ0) is 14.3. The van der Waals surface area contributed by atoms with Gasteiger partial charge in [-0.1, -0.05) is 13.8 Å². The molecule has 2 atom stereocenters. The first-order chi connectivity index (χ1) is 9.08. The lowest BCUT2D eigenvalue weighted by Crippen LogP contribution is -2.49. The number of halogens is 1. The monoisotopic (exact) mass is 305 g/mol. The van der Waals surface area contributed by atoms with Gasteiger partial charge >= 0.3 is 0 Å². The minimum atomic E-state index is -0.0372. The maximum atomic E-state index is 12.1. The summed E-state index contributed by atoms with van der Waals surface area (Å²) in [4.78, 5) is 25.5. The van der Waals surface area contributed by atoms with E-state index in [9.17, 15) is 9.59 Å². The van der Waals surface area contributed by atoms with E-state index >= 15 is 0 Å². The minimum Gasteiger partial charge on any atom is -0.356 e. The van der Waals surface area contributed by atoms with Crippen molar-refractivity contribution in [2.75, 3.05) is 19.6 Å². The number of nitrogens with two attached hydrogens (primary N) is 1. The zero-order valence-electron chi connectivity index (χ0n) is 12.6. The SMILES string of the molecule is CCCNC(=O)CCC(=O)N1CCC(C)CC1CN.Cl. The van der Waals surface area contributed by atoms with Crippen LogP contribution in [0, 0.1) is 5.92 Å². The highest BCUT2D eigenvalue weighted by Crippen LogP contribution is 2.22. The van der Waals surface area contributed by atoms with Crippen molar-refractivity contribution in [3.05, 3.63) is 0 Å². The molecule has 1 heterocycles. The summed E-state index contributed by atoms with van der Waals surface area (Å²) in [5.74, 6) is 0.657. The van der Waals surface area contributed by atoms with Crippen LogP contribution in [0.3, 0.4) is 0 Å². The van der Waals surface area contributed by atoms with Gasteiger partial charge in [0.25, 0.3) is 0 Å². The van der Waals surface area contributed by atoms with Crippen LogP contribution < -0.4 is 11.1 Å². The maximum Gasteiger partial charge on any atom is 0.223 e. The van der Waals surface area contributed by atoms with Gasteiger partial charge in [0.1, 0.15) is 0 Å². The zero-order valence-corrected chi connectivity index (χ0v) is 13.4.